The average molecular weight is 181 g/mol. The van der Waals surface area contributed by atoms with E-state index in [-0.39, 0.29) is 5.57 Å². The van der Waals surface area contributed by atoms with Crippen LogP contribution in [0.4, 0.5) is 13.2 Å². The van der Waals surface area contributed by atoms with Gasteiger partial charge in [-0.3, -0.25) is 4.79 Å². The van der Waals surface area contributed by atoms with Crippen molar-refractivity contribution in [2.24, 2.45) is 5.73 Å². The summed E-state index contributed by atoms with van der Waals surface area (Å²) < 4.78 is 36.2. The van der Waals surface area contributed by atoms with E-state index >= 15 is 0 Å². The Balaban J connectivity index is 4.87. The Morgan fingerprint density at radius 3 is 1.83 bits per heavy atom. The van der Waals surface area contributed by atoms with Crippen LogP contribution < -0.4 is 5.73 Å². The molecule has 0 aliphatic carbocycles. The lowest BCUT2D eigenvalue weighted by Gasteiger charge is -2.25. The van der Waals surface area contributed by atoms with E-state index in [1.165, 1.54) is 6.92 Å². The Labute approximate surface area is 68.2 Å². The largest absolute Gasteiger partial charge is 0.413 e. The van der Waals surface area contributed by atoms with Crippen LogP contribution in [-0.2, 0) is 4.79 Å². The van der Waals surface area contributed by atoms with Crippen LogP contribution in [0.3, 0.4) is 0 Å². The quantitative estimate of drug-likeness (QED) is 0.654. The van der Waals surface area contributed by atoms with E-state index in [9.17, 15) is 18.0 Å². The maximum atomic E-state index is 12.1. The molecule has 5 heteroatoms. The minimum absolute atomic E-state index is 0.197. The molecule has 0 fully saturated rings. The van der Waals surface area contributed by atoms with Crippen LogP contribution in [0.5, 0.6) is 0 Å². The van der Waals surface area contributed by atoms with Gasteiger partial charge in [-0.2, -0.15) is 13.2 Å². The van der Waals surface area contributed by atoms with Crippen LogP contribution in [-0.4, -0.2) is 17.5 Å². The number of halogens is 3. The number of ketones is 1. The zero-order valence-electron chi connectivity index (χ0n) is 6.83. The van der Waals surface area contributed by atoms with Gasteiger partial charge in [-0.15, -0.1) is 0 Å². The molecule has 1 unspecified atom stereocenters. The average Bonchev–Trinajstić information content (AvgIpc) is 1.83. The Bertz CT molecular complexity index is 217. The van der Waals surface area contributed by atoms with Crippen molar-refractivity contribution in [1.82, 2.24) is 0 Å². The van der Waals surface area contributed by atoms with Gasteiger partial charge in [-0.25, -0.2) is 0 Å². The molecule has 1 atom stereocenters. The number of hydrogen-bond acceptors (Lipinski definition) is 2. The van der Waals surface area contributed by atoms with E-state index in [2.05, 4.69) is 6.58 Å². The van der Waals surface area contributed by atoms with Gasteiger partial charge < -0.3 is 5.73 Å². The van der Waals surface area contributed by atoms with Crippen molar-refractivity contribution in [3.63, 3.8) is 0 Å². The summed E-state index contributed by atoms with van der Waals surface area (Å²) in [6, 6.07) is 0. The molecule has 0 heterocycles. The van der Waals surface area contributed by atoms with Crippen molar-refractivity contribution in [3.8, 4) is 0 Å². The van der Waals surface area contributed by atoms with Crippen LogP contribution in [0, 0.1) is 0 Å². The van der Waals surface area contributed by atoms with E-state index in [1.807, 2.05) is 0 Å². The third kappa shape index (κ3) is 1.85. The third-order valence-corrected chi connectivity index (χ3v) is 1.45. The third-order valence-electron chi connectivity index (χ3n) is 1.45. The van der Waals surface area contributed by atoms with Gasteiger partial charge in [0, 0.05) is 0 Å². The fraction of sp³-hybridized carbons (Fsp3) is 0.571. The highest BCUT2D eigenvalue weighted by Gasteiger charge is 2.53. The minimum Gasteiger partial charge on any atom is -0.311 e. The molecule has 0 saturated carbocycles. The Hall–Kier alpha value is -0.840. The fourth-order valence-corrected chi connectivity index (χ4v) is 0.572. The van der Waals surface area contributed by atoms with Crippen LogP contribution in [0.2, 0.25) is 0 Å². The molecule has 0 aromatic rings. The maximum Gasteiger partial charge on any atom is 0.413 e. The SMILES string of the molecule is C=C(C)C(=O)C(C)(N)C(F)(F)F. The van der Waals surface area contributed by atoms with E-state index < -0.39 is 17.5 Å². The Kier molecular flexibility index (Phi) is 2.69. The van der Waals surface area contributed by atoms with Crippen LogP contribution in [0.1, 0.15) is 13.8 Å². The van der Waals surface area contributed by atoms with E-state index in [0.717, 1.165) is 0 Å². The molecule has 0 bridgehead atoms. The second-order valence-electron chi connectivity index (χ2n) is 2.81. The zero-order valence-corrected chi connectivity index (χ0v) is 6.83. The molecule has 70 valence electrons. The van der Waals surface area contributed by atoms with Crippen molar-refractivity contribution in [2.75, 3.05) is 0 Å². The van der Waals surface area contributed by atoms with Crippen molar-refractivity contribution in [1.29, 1.82) is 0 Å². The second-order valence-corrected chi connectivity index (χ2v) is 2.81. The molecule has 2 N–H and O–H groups in total. The highest BCUT2D eigenvalue weighted by atomic mass is 19.4. The van der Waals surface area contributed by atoms with Crippen LogP contribution in [0.25, 0.3) is 0 Å². The molecule has 0 saturated heterocycles. The lowest BCUT2D eigenvalue weighted by Crippen LogP contribution is -2.57. The first-order chi connectivity index (χ1) is 5.10. The van der Waals surface area contributed by atoms with Crippen molar-refractivity contribution < 1.29 is 18.0 Å². The zero-order chi connectivity index (χ0) is 10.2. The summed E-state index contributed by atoms with van der Waals surface area (Å²) >= 11 is 0. The van der Waals surface area contributed by atoms with Crippen LogP contribution >= 0.6 is 0 Å². The number of carbonyl (C=O) groups is 1. The van der Waals surface area contributed by atoms with Crippen molar-refractivity contribution >= 4 is 5.78 Å². The normalized spacial score (nSPS) is 16.8. The number of rotatable bonds is 2. The molecular weight excluding hydrogens is 171 g/mol. The van der Waals surface area contributed by atoms with Crippen LogP contribution in [0.15, 0.2) is 12.2 Å². The standard InChI is InChI=1S/C7H10F3NO/c1-4(2)5(12)6(3,11)7(8,9)10/h1,11H2,2-3H3. The van der Waals surface area contributed by atoms with Crippen molar-refractivity contribution in [3.05, 3.63) is 12.2 Å². The van der Waals surface area contributed by atoms with Gasteiger partial charge in [0.1, 0.15) is 0 Å². The number of nitrogens with two attached hydrogens (primary N) is 1. The molecule has 0 aliphatic heterocycles. The highest BCUT2D eigenvalue weighted by Crippen LogP contribution is 2.29. The van der Waals surface area contributed by atoms with Crippen molar-refractivity contribution in [2.45, 2.75) is 25.6 Å². The van der Waals surface area contributed by atoms with E-state index in [0.29, 0.717) is 6.92 Å². The van der Waals surface area contributed by atoms with E-state index in [4.69, 9.17) is 5.73 Å². The summed E-state index contributed by atoms with van der Waals surface area (Å²) in [5.74, 6) is -1.19. The molecular formula is C7H10F3NO. The molecule has 0 rings (SSSR count). The highest BCUT2D eigenvalue weighted by molar-refractivity contribution is 6.01. The summed E-state index contributed by atoms with van der Waals surface area (Å²) in [4.78, 5) is 10.9. The Morgan fingerprint density at radius 1 is 1.42 bits per heavy atom. The smallest absolute Gasteiger partial charge is 0.311 e. The molecule has 0 amide bonds. The Morgan fingerprint density at radius 2 is 1.75 bits per heavy atom. The van der Waals surface area contributed by atoms with Gasteiger partial charge in [0.25, 0.3) is 0 Å². The number of hydrogen-bond donors (Lipinski definition) is 1. The first kappa shape index (κ1) is 11.2. The predicted octanol–water partition coefficient (Wildman–Crippen LogP) is 1.41. The summed E-state index contributed by atoms with van der Waals surface area (Å²) in [5.41, 5.74) is 1.79. The minimum atomic E-state index is -4.73. The molecule has 2 nitrogen and oxygen atoms in total. The number of alkyl halides is 3. The fourth-order valence-electron chi connectivity index (χ4n) is 0.572. The van der Waals surface area contributed by atoms with Gasteiger partial charge in [0.05, 0.1) is 0 Å². The number of Topliss-reactive ketones (excluding diaryl/α,β-unsaturated/α-hetero) is 1. The van der Waals surface area contributed by atoms with E-state index in [1.54, 1.807) is 0 Å². The maximum absolute atomic E-state index is 12.1. The van der Waals surface area contributed by atoms with Gasteiger partial charge in [0.15, 0.2) is 11.3 Å². The first-order valence-electron chi connectivity index (χ1n) is 3.16. The lowest BCUT2D eigenvalue weighted by molar-refractivity contribution is -0.183. The summed E-state index contributed by atoms with van der Waals surface area (Å²) in [6.45, 7) is 4.93. The van der Waals surface area contributed by atoms with Gasteiger partial charge in [-0.05, 0) is 19.4 Å². The van der Waals surface area contributed by atoms with Gasteiger partial charge in [-0.1, -0.05) is 6.58 Å². The molecule has 0 spiro atoms. The monoisotopic (exact) mass is 181 g/mol. The topological polar surface area (TPSA) is 43.1 Å². The first-order valence-corrected chi connectivity index (χ1v) is 3.16. The molecule has 0 aromatic heterocycles. The lowest BCUT2D eigenvalue weighted by atomic mass is 9.93. The number of carbonyl (C=O) groups excluding carboxylic acids is 1. The summed E-state index contributed by atoms with van der Waals surface area (Å²) in [7, 11) is 0. The molecule has 0 aromatic carbocycles. The van der Waals surface area contributed by atoms with Gasteiger partial charge >= 0.3 is 6.18 Å². The molecule has 12 heavy (non-hydrogen) atoms. The summed E-state index contributed by atoms with van der Waals surface area (Å²) in [5, 5.41) is 0. The van der Waals surface area contributed by atoms with Gasteiger partial charge in [0.2, 0.25) is 0 Å². The molecule has 0 radical (unpaired) electrons. The molecule has 0 aliphatic rings. The predicted molar refractivity (Wildman–Crippen MR) is 38.5 cm³/mol. The second kappa shape index (κ2) is 2.90. The summed E-state index contributed by atoms with van der Waals surface area (Å²) in [6.07, 6.45) is -4.73.